The van der Waals surface area contributed by atoms with E-state index in [2.05, 4.69) is 22.5 Å². The summed E-state index contributed by atoms with van der Waals surface area (Å²) in [6, 6.07) is 17.6. The molecule has 3 aromatic rings. The maximum Gasteiger partial charge on any atom is 0.255 e. The summed E-state index contributed by atoms with van der Waals surface area (Å²) in [5, 5.41) is 6.17. The number of nitrogens with one attached hydrogen (secondary N) is 2. The van der Waals surface area contributed by atoms with Crippen LogP contribution in [0.2, 0.25) is 0 Å². The Bertz CT molecular complexity index is 909. The lowest BCUT2D eigenvalue weighted by molar-refractivity contribution is 0.102. The highest BCUT2D eigenvalue weighted by atomic mass is 19.1. The van der Waals surface area contributed by atoms with Gasteiger partial charge in [-0.3, -0.25) is 4.79 Å². The van der Waals surface area contributed by atoms with Gasteiger partial charge in [-0.05, 0) is 54.3 Å². The van der Waals surface area contributed by atoms with Gasteiger partial charge in [0.05, 0.1) is 0 Å². The zero-order chi connectivity index (χ0) is 19.1. The monoisotopic (exact) mass is 363 g/mol. The molecular weight excluding hydrogens is 341 g/mol. The van der Waals surface area contributed by atoms with E-state index in [1.54, 1.807) is 30.5 Å². The smallest absolute Gasteiger partial charge is 0.255 e. The first-order valence-corrected chi connectivity index (χ1v) is 8.99. The van der Waals surface area contributed by atoms with Crippen LogP contribution in [-0.4, -0.2) is 17.4 Å². The fourth-order valence-electron chi connectivity index (χ4n) is 2.80. The summed E-state index contributed by atoms with van der Waals surface area (Å²) in [7, 11) is 0. The van der Waals surface area contributed by atoms with Crippen LogP contribution in [0.4, 0.5) is 15.9 Å². The van der Waals surface area contributed by atoms with Gasteiger partial charge in [0, 0.05) is 24.0 Å². The fourth-order valence-corrected chi connectivity index (χ4v) is 2.80. The molecule has 3 rings (SSSR count). The summed E-state index contributed by atoms with van der Waals surface area (Å²) in [5.41, 5.74) is 3.50. The molecule has 138 valence electrons. The minimum atomic E-state index is -0.239. The molecule has 5 heteroatoms. The molecule has 0 aliphatic heterocycles. The van der Waals surface area contributed by atoms with Crippen LogP contribution in [0, 0.1) is 5.82 Å². The van der Waals surface area contributed by atoms with Gasteiger partial charge in [-0.2, -0.15) is 0 Å². The van der Waals surface area contributed by atoms with Crippen LogP contribution >= 0.6 is 0 Å². The quantitative estimate of drug-likeness (QED) is 0.640. The first-order chi connectivity index (χ1) is 13.2. The average Bonchev–Trinajstić information content (AvgIpc) is 2.70. The number of hydrogen-bond donors (Lipinski definition) is 2. The fraction of sp³-hybridized carbons (Fsp3) is 0.182. The van der Waals surface area contributed by atoms with Gasteiger partial charge in [-0.1, -0.05) is 37.3 Å². The first-order valence-electron chi connectivity index (χ1n) is 8.99. The van der Waals surface area contributed by atoms with Crippen LogP contribution < -0.4 is 10.6 Å². The molecule has 1 heterocycles. The maximum atomic E-state index is 12.9. The van der Waals surface area contributed by atoms with Crippen molar-refractivity contribution < 1.29 is 9.18 Å². The first kappa shape index (κ1) is 18.6. The molecule has 0 radical (unpaired) electrons. The number of hydrogen-bond acceptors (Lipinski definition) is 3. The highest BCUT2D eigenvalue weighted by Crippen LogP contribution is 2.17. The standard InChI is InChI=1S/C22H22FN3O/c1-2-17-5-3-4-6-20(17)26-22(27)18-12-14-25-21(15-18)24-13-11-16-7-9-19(23)10-8-16/h3-10,12,14-15H,2,11,13H2,1H3,(H,24,25)(H,26,27). The summed E-state index contributed by atoms with van der Waals surface area (Å²) in [6.45, 7) is 2.70. The summed E-state index contributed by atoms with van der Waals surface area (Å²) in [4.78, 5) is 16.8. The van der Waals surface area contributed by atoms with E-state index in [9.17, 15) is 9.18 Å². The Morgan fingerprint density at radius 1 is 1.07 bits per heavy atom. The van der Waals surface area contributed by atoms with Gasteiger partial charge in [-0.25, -0.2) is 9.37 Å². The van der Waals surface area contributed by atoms with E-state index in [1.165, 1.54) is 12.1 Å². The van der Waals surface area contributed by atoms with Gasteiger partial charge >= 0.3 is 0 Å². The van der Waals surface area contributed by atoms with Crippen LogP contribution in [0.5, 0.6) is 0 Å². The van der Waals surface area contributed by atoms with Crippen LogP contribution in [0.1, 0.15) is 28.4 Å². The molecule has 2 aromatic carbocycles. The van der Waals surface area contributed by atoms with Crippen molar-refractivity contribution in [3.63, 3.8) is 0 Å². The number of amides is 1. The number of nitrogens with zero attached hydrogens (tertiary/aromatic N) is 1. The Kier molecular flexibility index (Phi) is 6.15. The lowest BCUT2D eigenvalue weighted by Crippen LogP contribution is -2.14. The molecule has 0 saturated carbocycles. The molecule has 0 aliphatic rings. The Balaban J connectivity index is 1.60. The molecule has 0 fully saturated rings. The number of aromatic nitrogens is 1. The second-order valence-corrected chi connectivity index (χ2v) is 6.20. The second kappa shape index (κ2) is 8.94. The van der Waals surface area contributed by atoms with E-state index in [0.717, 1.165) is 29.7 Å². The van der Waals surface area contributed by atoms with Gasteiger partial charge in [0.1, 0.15) is 11.6 Å². The molecule has 0 bridgehead atoms. The van der Waals surface area contributed by atoms with Crippen molar-refractivity contribution in [3.05, 3.63) is 89.4 Å². The summed E-state index contributed by atoms with van der Waals surface area (Å²) in [5.74, 6) is 0.227. The molecule has 0 atom stereocenters. The molecular formula is C22H22FN3O. The number of aryl methyl sites for hydroxylation is 1. The summed E-state index contributed by atoms with van der Waals surface area (Å²) < 4.78 is 12.9. The van der Waals surface area contributed by atoms with Crippen molar-refractivity contribution in [3.8, 4) is 0 Å². The zero-order valence-electron chi connectivity index (χ0n) is 15.2. The van der Waals surface area contributed by atoms with Crippen molar-refractivity contribution in [1.82, 2.24) is 4.98 Å². The Labute approximate surface area is 158 Å². The summed E-state index contributed by atoms with van der Waals surface area (Å²) >= 11 is 0. The van der Waals surface area contributed by atoms with Crippen LogP contribution in [0.3, 0.4) is 0 Å². The molecule has 1 aromatic heterocycles. The van der Waals surface area contributed by atoms with E-state index in [-0.39, 0.29) is 11.7 Å². The normalized spacial score (nSPS) is 10.4. The number of benzene rings is 2. The van der Waals surface area contributed by atoms with Crippen LogP contribution in [0.25, 0.3) is 0 Å². The molecule has 0 saturated heterocycles. The van der Waals surface area contributed by atoms with E-state index in [0.29, 0.717) is 17.9 Å². The topological polar surface area (TPSA) is 54.0 Å². The van der Waals surface area contributed by atoms with Gasteiger partial charge in [0.15, 0.2) is 0 Å². The van der Waals surface area contributed by atoms with Gasteiger partial charge < -0.3 is 10.6 Å². The van der Waals surface area contributed by atoms with Crippen LogP contribution in [0.15, 0.2) is 66.9 Å². The van der Waals surface area contributed by atoms with Crippen molar-refractivity contribution in [2.24, 2.45) is 0 Å². The zero-order valence-corrected chi connectivity index (χ0v) is 15.2. The number of carbonyl (C=O) groups is 1. The number of halogens is 1. The molecule has 0 aliphatic carbocycles. The molecule has 4 nitrogen and oxygen atoms in total. The minimum absolute atomic E-state index is 0.167. The highest BCUT2D eigenvalue weighted by molar-refractivity contribution is 6.05. The Morgan fingerprint density at radius 3 is 2.63 bits per heavy atom. The van der Waals surface area contributed by atoms with E-state index in [4.69, 9.17) is 0 Å². The Morgan fingerprint density at radius 2 is 1.85 bits per heavy atom. The molecule has 0 unspecified atom stereocenters. The maximum absolute atomic E-state index is 12.9. The van der Waals surface area contributed by atoms with Crippen molar-refractivity contribution in [2.75, 3.05) is 17.2 Å². The molecule has 0 spiro atoms. The molecule has 27 heavy (non-hydrogen) atoms. The molecule has 2 N–H and O–H groups in total. The third-order valence-electron chi connectivity index (χ3n) is 4.30. The SMILES string of the molecule is CCc1ccccc1NC(=O)c1ccnc(NCCc2ccc(F)cc2)c1. The van der Waals surface area contributed by atoms with Crippen LogP contribution in [-0.2, 0) is 12.8 Å². The van der Waals surface area contributed by atoms with Crippen molar-refractivity contribution in [1.29, 1.82) is 0 Å². The Hall–Kier alpha value is -3.21. The number of carbonyl (C=O) groups excluding carboxylic acids is 1. The summed E-state index contributed by atoms with van der Waals surface area (Å²) in [6.07, 6.45) is 3.20. The minimum Gasteiger partial charge on any atom is -0.370 e. The number of pyridine rings is 1. The molecule has 1 amide bonds. The lowest BCUT2D eigenvalue weighted by atomic mass is 10.1. The van der Waals surface area contributed by atoms with Gasteiger partial charge in [-0.15, -0.1) is 0 Å². The van der Waals surface area contributed by atoms with E-state index in [1.807, 2.05) is 24.3 Å². The average molecular weight is 363 g/mol. The highest BCUT2D eigenvalue weighted by Gasteiger charge is 2.09. The predicted molar refractivity (Wildman–Crippen MR) is 107 cm³/mol. The van der Waals surface area contributed by atoms with Crippen molar-refractivity contribution >= 4 is 17.4 Å². The van der Waals surface area contributed by atoms with E-state index >= 15 is 0 Å². The number of rotatable bonds is 7. The predicted octanol–water partition coefficient (Wildman–Crippen LogP) is 4.69. The third kappa shape index (κ3) is 5.14. The lowest BCUT2D eigenvalue weighted by Gasteiger charge is -2.11. The number of anilines is 2. The number of para-hydroxylation sites is 1. The second-order valence-electron chi connectivity index (χ2n) is 6.20. The van der Waals surface area contributed by atoms with E-state index < -0.39 is 0 Å². The van der Waals surface area contributed by atoms with Crippen molar-refractivity contribution in [2.45, 2.75) is 19.8 Å². The van der Waals surface area contributed by atoms with Gasteiger partial charge in [0.25, 0.3) is 5.91 Å². The third-order valence-corrected chi connectivity index (χ3v) is 4.30. The largest absolute Gasteiger partial charge is 0.370 e. The van der Waals surface area contributed by atoms with Gasteiger partial charge in [0.2, 0.25) is 0 Å².